The van der Waals surface area contributed by atoms with Crippen LogP contribution in [0.25, 0.3) is 0 Å². The molecule has 0 amide bonds. The number of rotatable bonds is 15. The number of esters is 1. The Bertz CT molecular complexity index is 490. The van der Waals surface area contributed by atoms with Crippen LogP contribution in [0, 0.1) is 0 Å². The maximum atomic E-state index is 11.7. The molecule has 0 saturated carbocycles. The van der Waals surface area contributed by atoms with Crippen LogP contribution < -0.4 is 10.2 Å². The van der Waals surface area contributed by atoms with Gasteiger partial charge in [-0.25, -0.2) is 0 Å². The number of ether oxygens (including phenoxy) is 1. The molecule has 26 heavy (non-hydrogen) atoms. The quantitative estimate of drug-likeness (QED) is 0.207. The van der Waals surface area contributed by atoms with Crippen LogP contribution in [0.3, 0.4) is 0 Å². The summed E-state index contributed by atoms with van der Waals surface area (Å²) in [5.41, 5.74) is 2.71. The summed E-state index contributed by atoms with van der Waals surface area (Å²) in [4.78, 5) is 28.2. The van der Waals surface area contributed by atoms with Crippen LogP contribution in [0.4, 0.5) is 0 Å². The summed E-state index contributed by atoms with van der Waals surface area (Å²) >= 11 is 0. The van der Waals surface area contributed by atoms with Crippen molar-refractivity contribution in [1.82, 2.24) is 5.48 Å². The Labute approximate surface area is 157 Å². The van der Waals surface area contributed by atoms with E-state index in [1.54, 1.807) is 12.1 Å². The summed E-state index contributed by atoms with van der Waals surface area (Å²) in [7, 11) is 0. The number of hydrogen-bond acceptors (Lipinski definition) is 5. The predicted molar refractivity (Wildman–Crippen MR) is 103 cm³/mol. The molecule has 0 fully saturated rings. The normalized spacial score (nSPS) is 10.5. The van der Waals surface area contributed by atoms with Crippen LogP contribution >= 0.6 is 0 Å². The van der Waals surface area contributed by atoms with E-state index in [0.717, 1.165) is 32.1 Å². The zero-order valence-corrected chi connectivity index (χ0v) is 16.0. The van der Waals surface area contributed by atoms with E-state index < -0.39 is 0 Å². The highest BCUT2D eigenvalue weighted by molar-refractivity contribution is 5.72. The molecule has 0 saturated heterocycles. The van der Waals surface area contributed by atoms with Crippen LogP contribution in [0.2, 0.25) is 0 Å². The molecule has 146 valence electrons. The van der Waals surface area contributed by atoms with Gasteiger partial charge in [0.05, 0.1) is 0 Å². The van der Waals surface area contributed by atoms with Crippen molar-refractivity contribution in [2.75, 3.05) is 6.54 Å². The number of carbonyl (C=O) groups is 2. The highest BCUT2D eigenvalue weighted by Crippen LogP contribution is 2.10. The lowest BCUT2D eigenvalue weighted by molar-refractivity contribution is -0.151. The summed E-state index contributed by atoms with van der Waals surface area (Å²) in [6, 6.07) is 9.08. The molecular formula is C21H33NO4. The van der Waals surface area contributed by atoms with E-state index in [1.165, 1.54) is 25.7 Å². The monoisotopic (exact) mass is 363 g/mol. The lowest BCUT2D eigenvalue weighted by Gasteiger charge is -2.06. The zero-order chi connectivity index (χ0) is 18.9. The Morgan fingerprint density at radius 1 is 0.808 bits per heavy atom. The second-order valence-electron chi connectivity index (χ2n) is 6.48. The van der Waals surface area contributed by atoms with Crippen molar-refractivity contribution in [2.24, 2.45) is 0 Å². The van der Waals surface area contributed by atoms with Crippen molar-refractivity contribution in [3.63, 3.8) is 0 Å². The summed E-state index contributed by atoms with van der Waals surface area (Å²) in [6.45, 7) is 2.80. The topological polar surface area (TPSA) is 64.6 Å². The van der Waals surface area contributed by atoms with Gasteiger partial charge >= 0.3 is 11.9 Å². The van der Waals surface area contributed by atoms with E-state index in [4.69, 9.17) is 9.57 Å². The van der Waals surface area contributed by atoms with Gasteiger partial charge in [0.1, 0.15) is 5.75 Å². The fraction of sp³-hybridized carbons (Fsp3) is 0.619. The first-order valence-electron chi connectivity index (χ1n) is 9.90. The second-order valence-corrected chi connectivity index (χ2v) is 6.48. The smallest absolute Gasteiger partial charge is 0.324 e. The number of hydrogen-bond donors (Lipinski definition) is 1. The van der Waals surface area contributed by atoms with Crippen LogP contribution in [0.5, 0.6) is 5.75 Å². The van der Waals surface area contributed by atoms with Crippen molar-refractivity contribution in [2.45, 2.75) is 77.6 Å². The number of benzene rings is 1. The third kappa shape index (κ3) is 12.5. The molecule has 0 aromatic heterocycles. The zero-order valence-electron chi connectivity index (χ0n) is 16.0. The first-order valence-corrected chi connectivity index (χ1v) is 9.90. The number of nitrogens with one attached hydrogen (secondary N) is 1. The largest absolute Gasteiger partial charge is 0.427 e. The Hall–Kier alpha value is -1.88. The summed E-state index contributed by atoms with van der Waals surface area (Å²) in [6.07, 6.45) is 10.3. The van der Waals surface area contributed by atoms with Crippen molar-refractivity contribution < 1.29 is 19.2 Å². The van der Waals surface area contributed by atoms with Gasteiger partial charge in [-0.05, 0) is 31.4 Å². The maximum Gasteiger partial charge on any atom is 0.324 e. The van der Waals surface area contributed by atoms with Gasteiger partial charge in [0.2, 0.25) is 0 Å². The Morgan fingerprint density at radius 3 is 2.15 bits per heavy atom. The number of hydroxylamine groups is 1. The van der Waals surface area contributed by atoms with Gasteiger partial charge in [-0.1, -0.05) is 63.6 Å². The van der Waals surface area contributed by atoms with Crippen LogP contribution in [0.15, 0.2) is 30.3 Å². The average Bonchev–Trinajstić information content (AvgIpc) is 2.64. The third-order valence-electron chi connectivity index (χ3n) is 4.06. The maximum absolute atomic E-state index is 11.7. The first-order chi connectivity index (χ1) is 12.7. The van der Waals surface area contributed by atoms with Gasteiger partial charge in [-0.2, -0.15) is 5.48 Å². The van der Waals surface area contributed by atoms with Gasteiger partial charge < -0.3 is 9.57 Å². The van der Waals surface area contributed by atoms with Crippen LogP contribution in [-0.4, -0.2) is 18.5 Å². The third-order valence-corrected chi connectivity index (χ3v) is 4.06. The van der Waals surface area contributed by atoms with E-state index in [9.17, 15) is 9.59 Å². The highest BCUT2D eigenvalue weighted by Gasteiger charge is 2.05. The molecule has 0 radical (unpaired) electrons. The summed E-state index contributed by atoms with van der Waals surface area (Å²) in [5.74, 6) is 0.179. The minimum Gasteiger partial charge on any atom is -0.427 e. The molecule has 0 aliphatic carbocycles. The van der Waals surface area contributed by atoms with E-state index >= 15 is 0 Å². The summed E-state index contributed by atoms with van der Waals surface area (Å²) in [5, 5.41) is 0. The number of para-hydroxylation sites is 1. The van der Waals surface area contributed by atoms with Crippen molar-refractivity contribution in [3.05, 3.63) is 30.3 Å². The highest BCUT2D eigenvalue weighted by atomic mass is 16.7. The first kappa shape index (κ1) is 22.2. The van der Waals surface area contributed by atoms with Gasteiger partial charge in [-0.15, -0.1) is 0 Å². The van der Waals surface area contributed by atoms with Crippen LogP contribution in [-0.2, 0) is 14.4 Å². The lowest BCUT2D eigenvalue weighted by atomic mass is 10.1. The molecule has 1 aromatic rings. The molecule has 1 rings (SSSR count). The molecule has 0 unspecified atom stereocenters. The van der Waals surface area contributed by atoms with Gasteiger partial charge in [0, 0.05) is 19.4 Å². The van der Waals surface area contributed by atoms with Crippen molar-refractivity contribution in [1.29, 1.82) is 0 Å². The van der Waals surface area contributed by atoms with Gasteiger partial charge in [-0.3, -0.25) is 9.59 Å². The molecule has 0 atom stereocenters. The van der Waals surface area contributed by atoms with E-state index in [-0.39, 0.29) is 11.9 Å². The molecule has 1 aromatic carbocycles. The fourth-order valence-corrected chi connectivity index (χ4v) is 2.55. The molecule has 1 N–H and O–H groups in total. The van der Waals surface area contributed by atoms with Crippen LogP contribution in [0.1, 0.15) is 77.6 Å². The minimum atomic E-state index is -0.213. The molecule has 0 aliphatic heterocycles. The lowest BCUT2D eigenvalue weighted by Crippen LogP contribution is -2.21. The second kappa shape index (κ2) is 15.4. The van der Waals surface area contributed by atoms with E-state index in [1.807, 2.05) is 18.2 Å². The predicted octanol–water partition coefficient (Wildman–Crippen LogP) is 4.95. The number of unbranched alkanes of at least 4 members (excludes halogenated alkanes) is 7. The molecule has 5 nitrogen and oxygen atoms in total. The van der Waals surface area contributed by atoms with E-state index in [2.05, 4.69) is 12.4 Å². The molecular weight excluding hydrogens is 330 g/mol. The molecule has 0 spiro atoms. The SMILES string of the molecule is CCCCCCCCC(=O)ONCCCCCC(=O)Oc1ccccc1. The van der Waals surface area contributed by atoms with Gasteiger partial charge in [0.25, 0.3) is 0 Å². The Balaban J connectivity index is 1.88. The van der Waals surface area contributed by atoms with Gasteiger partial charge in [0.15, 0.2) is 0 Å². The minimum absolute atomic E-state index is 0.188. The molecule has 5 heteroatoms. The van der Waals surface area contributed by atoms with Crippen molar-refractivity contribution >= 4 is 11.9 Å². The summed E-state index contributed by atoms with van der Waals surface area (Å²) < 4.78 is 5.22. The average molecular weight is 363 g/mol. The fourth-order valence-electron chi connectivity index (χ4n) is 2.55. The molecule has 0 aliphatic rings. The van der Waals surface area contributed by atoms with E-state index in [0.29, 0.717) is 25.1 Å². The molecule has 0 bridgehead atoms. The molecule has 0 heterocycles. The standard InChI is InChI=1S/C21H33NO4/c1-2-3-4-5-6-11-17-21(24)26-22-18-13-8-12-16-20(23)25-19-14-9-7-10-15-19/h7,9-10,14-15,22H,2-6,8,11-13,16-18H2,1H3. The van der Waals surface area contributed by atoms with Crippen molar-refractivity contribution in [3.8, 4) is 5.75 Å². The Kier molecular flexibility index (Phi) is 13.1. The number of carbonyl (C=O) groups excluding carboxylic acids is 2. The Morgan fingerprint density at radius 2 is 1.42 bits per heavy atom.